The molecule has 0 bridgehead atoms. The molecule has 178 valence electrons. The average Bonchev–Trinajstić information content (AvgIpc) is 3.39. The van der Waals surface area contributed by atoms with E-state index in [4.69, 9.17) is 4.74 Å². The first-order valence-corrected chi connectivity index (χ1v) is 12.5. The Morgan fingerprint density at radius 3 is 2.24 bits per heavy atom. The van der Waals surface area contributed by atoms with Crippen LogP contribution in [-0.4, -0.2) is 54.0 Å². The van der Waals surface area contributed by atoms with Crippen LogP contribution in [0.4, 0.5) is 0 Å². The SMILES string of the molecule is CC(C)n1nc(C(=O)OCC(=O)c2ccc(S(=O)(=O)N3CCCC3)cc2)c2ccccc2c1=O. The van der Waals surface area contributed by atoms with Crippen molar-refractivity contribution in [2.24, 2.45) is 0 Å². The zero-order valence-electron chi connectivity index (χ0n) is 18.9. The van der Waals surface area contributed by atoms with Crippen molar-refractivity contribution < 1.29 is 22.7 Å². The standard InChI is InChI=1S/C24H25N3O6S/c1-16(2)27-23(29)20-8-4-3-7-19(20)22(25-27)24(30)33-15-21(28)17-9-11-18(12-10-17)34(31,32)26-13-5-6-14-26/h3-4,7-12,16H,5-6,13-15H2,1-2H3. The summed E-state index contributed by atoms with van der Waals surface area (Å²) in [4.78, 5) is 38.1. The number of esters is 1. The van der Waals surface area contributed by atoms with E-state index in [0.717, 1.165) is 12.8 Å². The Morgan fingerprint density at radius 2 is 1.62 bits per heavy atom. The molecule has 34 heavy (non-hydrogen) atoms. The lowest BCUT2D eigenvalue weighted by atomic mass is 10.1. The number of ketones is 1. The van der Waals surface area contributed by atoms with E-state index < -0.39 is 28.4 Å². The highest BCUT2D eigenvalue weighted by Crippen LogP contribution is 2.21. The molecule has 10 heteroatoms. The van der Waals surface area contributed by atoms with Gasteiger partial charge in [0.05, 0.1) is 16.3 Å². The van der Waals surface area contributed by atoms with Gasteiger partial charge < -0.3 is 4.74 Å². The fourth-order valence-electron chi connectivity index (χ4n) is 3.88. The number of carbonyl (C=O) groups excluding carboxylic acids is 2. The van der Waals surface area contributed by atoms with Crippen LogP contribution in [0.1, 0.15) is 53.6 Å². The molecular formula is C24H25N3O6S. The Bertz CT molecular complexity index is 1400. The fourth-order valence-corrected chi connectivity index (χ4v) is 5.40. The summed E-state index contributed by atoms with van der Waals surface area (Å²) >= 11 is 0. The first-order valence-electron chi connectivity index (χ1n) is 11.0. The van der Waals surface area contributed by atoms with Gasteiger partial charge in [-0.15, -0.1) is 0 Å². The molecule has 1 saturated heterocycles. The lowest BCUT2D eigenvalue weighted by Gasteiger charge is -2.15. The Kier molecular flexibility index (Phi) is 6.63. The summed E-state index contributed by atoms with van der Waals surface area (Å²) < 4.78 is 33.1. The molecule has 1 fully saturated rings. The highest BCUT2D eigenvalue weighted by molar-refractivity contribution is 7.89. The van der Waals surface area contributed by atoms with E-state index in [9.17, 15) is 22.8 Å². The maximum Gasteiger partial charge on any atom is 0.359 e. The number of ether oxygens (including phenoxy) is 1. The lowest BCUT2D eigenvalue weighted by molar-refractivity contribution is 0.0468. The molecule has 0 N–H and O–H groups in total. The lowest BCUT2D eigenvalue weighted by Crippen LogP contribution is -2.28. The smallest absolute Gasteiger partial charge is 0.359 e. The molecule has 0 unspecified atom stereocenters. The third kappa shape index (κ3) is 4.51. The van der Waals surface area contributed by atoms with Crippen LogP contribution in [0.3, 0.4) is 0 Å². The quantitative estimate of drug-likeness (QED) is 0.375. The molecule has 0 radical (unpaired) electrons. The van der Waals surface area contributed by atoms with Gasteiger partial charge in [0.1, 0.15) is 0 Å². The molecule has 1 aliphatic rings. The Hall–Kier alpha value is -3.37. The molecular weight excluding hydrogens is 458 g/mol. The summed E-state index contributed by atoms with van der Waals surface area (Å²) in [5, 5.41) is 4.85. The summed E-state index contributed by atoms with van der Waals surface area (Å²) in [7, 11) is -3.58. The van der Waals surface area contributed by atoms with Gasteiger partial charge in [-0.3, -0.25) is 9.59 Å². The number of benzene rings is 2. The van der Waals surface area contributed by atoms with Crippen LogP contribution >= 0.6 is 0 Å². The second kappa shape index (κ2) is 9.47. The van der Waals surface area contributed by atoms with E-state index in [1.54, 1.807) is 38.1 Å². The first-order chi connectivity index (χ1) is 16.2. The van der Waals surface area contributed by atoms with Crippen LogP contribution in [0, 0.1) is 0 Å². The van der Waals surface area contributed by atoms with Crippen molar-refractivity contribution in [2.45, 2.75) is 37.6 Å². The van der Waals surface area contributed by atoms with Crippen molar-refractivity contribution in [1.29, 1.82) is 0 Å². The van der Waals surface area contributed by atoms with Gasteiger partial charge in [-0.2, -0.15) is 9.40 Å². The van der Waals surface area contributed by atoms with Gasteiger partial charge in [0.2, 0.25) is 10.0 Å². The van der Waals surface area contributed by atoms with Crippen LogP contribution in [0.25, 0.3) is 10.8 Å². The predicted molar refractivity (Wildman–Crippen MR) is 125 cm³/mol. The molecule has 0 spiro atoms. The minimum absolute atomic E-state index is 0.0521. The second-order valence-corrected chi connectivity index (χ2v) is 10.3. The van der Waals surface area contributed by atoms with E-state index in [0.29, 0.717) is 23.9 Å². The Morgan fingerprint density at radius 1 is 1.00 bits per heavy atom. The number of aromatic nitrogens is 2. The molecule has 0 amide bonds. The number of hydrogen-bond acceptors (Lipinski definition) is 7. The monoisotopic (exact) mass is 483 g/mol. The largest absolute Gasteiger partial charge is 0.452 e. The van der Waals surface area contributed by atoms with Crippen LogP contribution in [0.15, 0.2) is 58.2 Å². The van der Waals surface area contributed by atoms with Gasteiger partial charge in [0.15, 0.2) is 18.1 Å². The molecule has 2 aromatic carbocycles. The van der Waals surface area contributed by atoms with E-state index in [-0.39, 0.29) is 27.8 Å². The Balaban J connectivity index is 1.50. The number of sulfonamides is 1. The summed E-state index contributed by atoms with van der Waals surface area (Å²) in [5.74, 6) is -1.31. The number of Topliss-reactive ketones (excluding diaryl/α,β-unsaturated/α-hetero) is 1. The first kappa shape index (κ1) is 23.8. The Labute approximate surface area is 197 Å². The molecule has 0 saturated carbocycles. The molecule has 0 atom stereocenters. The highest BCUT2D eigenvalue weighted by atomic mass is 32.2. The molecule has 9 nitrogen and oxygen atoms in total. The third-order valence-electron chi connectivity index (χ3n) is 5.72. The van der Waals surface area contributed by atoms with E-state index in [1.165, 1.54) is 33.3 Å². The molecule has 0 aliphatic carbocycles. The number of nitrogens with zero attached hydrogens (tertiary/aromatic N) is 3. The minimum atomic E-state index is -3.58. The van der Waals surface area contributed by atoms with Crippen LogP contribution < -0.4 is 5.56 Å². The van der Waals surface area contributed by atoms with Gasteiger partial charge >= 0.3 is 5.97 Å². The van der Waals surface area contributed by atoms with Crippen LogP contribution in [-0.2, 0) is 14.8 Å². The molecule has 3 aromatic rings. The topological polar surface area (TPSA) is 116 Å². The second-order valence-electron chi connectivity index (χ2n) is 8.37. The van der Waals surface area contributed by atoms with Crippen molar-refractivity contribution in [3.63, 3.8) is 0 Å². The summed E-state index contributed by atoms with van der Waals surface area (Å²) in [6, 6.07) is 11.9. The normalized spacial score (nSPS) is 14.6. The zero-order chi connectivity index (χ0) is 24.5. The fraction of sp³-hybridized carbons (Fsp3) is 0.333. The highest BCUT2D eigenvalue weighted by Gasteiger charge is 2.27. The van der Waals surface area contributed by atoms with Crippen LogP contribution in [0.2, 0.25) is 0 Å². The van der Waals surface area contributed by atoms with Gasteiger partial charge in [-0.1, -0.05) is 18.2 Å². The van der Waals surface area contributed by atoms with Crippen molar-refractivity contribution in [3.05, 3.63) is 70.1 Å². The third-order valence-corrected chi connectivity index (χ3v) is 7.64. The number of rotatable bonds is 7. The van der Waals surface area contributed by atoms with Crippen molar-refractivity contribution in [3.8, 4) is 0 Å². The van der Waals surface area contributed by atoms with Crippen molar-refractivity contribution in [1.82, 2.24) is 14.1 Å². The number of carbonyl (C=O) groups is 2. The predicted octanol–water partition coefficient (Wildman–Crippen LogP) is 2.80. The molecule has 1 aromatic heterocycles. The molecule has 4 rings (SSSR count). The summed E-state index contributed by atoms with van der Waals surface area (Å²) in [6.45, 7) is 3.98. The maximum absolute atomic E-state index is 12.8. The van der Waals surface area contributed by atoms with E-state index in [1.807, 2.05) is 0 Å². The van der Waals surface area contributed by atoms with Gasteiger partial charge in [0, 0.05) is 24.0 Å². The summed E-state index contributed by atoms with van der Waals surface area (Å²) in [6.07, 6.45) is 1.67. The van der Waals surface area contributed by atoms with Gasteiger partial charge in [-0.25, -0.2) is 17.9 Å². The number of fused-ring (bicyclic) bond motifs is 1. The van der Waals surface area contributed by atoms with Gasteiger partial charge in [-0.05, 0) is 57.0 Å². The van der Waals surface area contributed by atoms with E-state index >= 15 is 0 Å². The van der Waals surface area contributed by atoms with Crippen LogP contribution in [0.5, 0.6) is 0 Å². The zero-order valence-corrected chi connectivity index (χ0v) is 19.7. The molecule has 2 heterocycles. The number of hydrogen-bond donors (Lipinski definition) is 0. The summed E-state index contributed by atoms with van der Waals surface area (Å²) in [5.41, 5.74) is -0.149. The van der Waals surface area contributed by atoms with Gasteiger partial charge in [0.25, 0.3) is 5.56 Å². The minimum Gasteiger partial charge on any atom is -0.452 e. The average molecular weight is 484 g/mol. The van der Waals surface area contributed by atoms with E-state index in [2.05, 4.69) is 5.10 Å². The maximum atomic E-state index is 12.8. The molecule has 1 aliphatic heterocycles. The van der Waals surface area contributed by atoms with Crippen molar-refractivity contribution >= 4 is 32.5 Å². The van der Waals surface area contributed by atoms with Crippen molar-refractivity contribution in [2.75, 3.05) is 19.7 Å².